The fourth-order valence-electron chi connectivity index (χ4n) is 8.28. The summed E-state index contributed by atoms with van der Waals surface area (Å²) in [4.78, 5) is 59.4. The topological polar surface area (TPSA) is 104 Å². The Morgan fingerprint density at radius 1 is 0.841 bits per heavy atom. The molecule has 0 radical (unpaired) electrons. The summed E-state index contributed by atoms with van der Waals surface area (Å²) in [5.41, 5.74) is 2.06. The molecule has 6 atom stereocenters. The van der Waals surface area contributed by atoms with Gasteiger partial charge in [-0.25, -0.2) is 4.90 Å². The third-order valence-corrected chi connectivity index (χ3v) is 10.4. The van der Waals surface area contributed by atoms with Gasteiger partial charge in [0.25, 0.3) is 0 Å². The Morgan fingerprint density at radius 2 is 1.55 bits per heavy atom. The van der Waals surface area contributed by atoms with Gasteiger partial charge in [-0.2, -0.15) is 0 Å². The normalized spacial score (nSPS) is 29.3. The van der Waals surface area contributed by atoms with Crippen LogP contribution in [0.5, 0.6) is 11.5 Å². The molecule has 1 N–H and O–H groups in total. The van der Waals surface area contributed by atoms with Crippen LogP contribution in [0.1, 0.15) is 43.7 Å². The van der Waals surface area contributed by atoms with Crippen LogP contribution >= 0.6 is 0 Å². The van der Waals surface area contributed by atoms with Crippen LogP contribution in [-0.4, -0.2) is 35.8 Å². The van der Waals surface area contributed by atoms with Gasteiger partial charge >= 0.3 is 0 Å². The van der Waals surface area contributed by atoms with E-state index < -0.39 is 35.0 Å². The maximum Gasteiger partial charge on any atom is 0.241 e. The minimum atomic E-state index is -1.27. The van der Waals surface area contributed by atoms with E-state index in [0.29, 0.717) is 29.1 Å². The summed E-state index contributed by atoms with van der Waals surface area (Å²) in [5, 5.41) is 11.3. The van der Waals surface area contributed by atoms with Gasteiger partial charge in [-0.15, -0.1) is 0 Å². The van der Waals surface area contributed by atoms with Crippen LogP contribution < -0.4 is 14.5 Å². The smallest absolute Gasteiger partial charge is 0.241 e. The van der Waals surface area contributed by atoms with E-state index in [9.17, 15) is 24.3 Å². The number of imide groups is 2. The highest BCUT2D eigenvalue weighted by molar-refractivity contribution is 6.25. The van der Waals surface area contributed by atoms with Crippen LogP contribution in [0.15, 0.2) is 84.4 Å². The molecular formula is C36H34N2O6. The van der Waals surface area contributed by atoms with Crippen molar-refractivity contribution in [3.05, 3.63) is 95.6 Å². The van der Waals surface area contributed by atoms with Gasteiger partial charge in [0.05, 0.1) is 41.7 Å². The quantitative estimate of drug-likeness (QED) is 0.315. The molecular weight excluding hydrogens is 556 g/mol. The van der Waals surface area contributed by atoms with Crippen molar-refractivity contribution < 1.29 is 29.0 Å². The highest BCUT2D eigenvalue weighted by Crippen LogP contribution is 2.65. The molecule has 2 aliphatic heterocycles. The highest BCUT2D eigenvalue weighted by Gasteiger charge is 2.68. The van der Waals surface area contributed by atoms with E-state index in [-0.39, 0.29) is 35.8 Å². The second kappa shape index (κ2) is 10.2. The number of aromatic hydroxyl groups is 1. The number of anilines is 2. The number of aryl methyl sites for hydroxylation is 1. The largest absolute Gasteiger partial charge is 0.508 e. The molecule has 2 aliphatic carbocycles. The number of phenolic OH excluding ortho intramolecular Hbond substituents is 1. The van der Waals surface area contributed by atoms with Gasteiger partial charge in [-0.05, 0) is 74.1 Å². The minimum Gasteiger partial charge on any atom is -0.508 e. The lowest BCUT2D eigenvalue weighted by atomic mass is 9.51. The van der Waals surface area contributed by atoms with Gasteiger partial charge in [-0.1, -0.05) is 55.0 Å². The molecule has 224 valence electrons. The van der Waals surface area contributed by atoms with Crippen molar-refractivity contribution in [2.24, 2.45) is 29.1 Å². The summed E-state index contributed by atoms with van der Waals surface area (Å²) >= 11 is 0. The molecule has 3 fully saturated rings. The molecule has 3 aromatic carbocycles. The number of ether oxygens (including phenoxy) is 1. The van der Waals surface area contributed by atoms with E-state index in [2.05, 4.69) is 0 Å². The summed E-state index contributed by atoms with van der Waals surface area (Å²) in [5.74, 6) is -4.18. The van der Waals surface area contributed by atoms with Crippen molar-refractivity contribution in [2.45, 2.75) is 39.0 Å². The van der Waals surface area contributed by atoms with Crippen LogP contribution in [0.25, 0.3) is 0 Å². The number of amides is 4. The zero-order valence-electron chi connectivity index (χ0n) is 24.9. The number of allylic oxidation sites excluding steroid dienone is 2. The Balaban J connectivity index is 1.38. The van der Waals surface area contributed by atoms with Crippen molar-refractivity contribution in [3.63, 3.8) is 0 Å². The number of rotatable bonds is 5. The van der Waals surface area contributed by atoms with Crippen LogP contribution in [0.3, 0.4) is 0 Å². The number of hydrogen-bond acceptors (Lipinski definition) is 6. The molecule has 8 nitrogen and oxygen atoms in total. The van der Waals surface area contributed by atoms with Gasteiger partial charge in [-0.3, -0.25) is 24.1 Å². The van der Waals surface area contributed by atoms with Gasteiger partial charge in [0.2, 0.25) is 23.6 Å². The maximum absolute atomic E-state index is 14.5. The fourth-order valence-corrected chi connectivity index (χ4v) is 8.28. The molecule has 2 heterocycles. The van der Waals surface area contributed by atoms with Gasteiger partial charge in [0, 0.05) is 11.5 Å². The zero-order valence-corrected chi connectivity index (χ0v) is 24.9. The van der Waals surface area contributed by atoms with Crippen LogP contribution in [0.2, 0.25) is 0 Å². The summed E-state index contributed by atoms with van der Waals surface area (Å²) in [6.45, 7) is 3.84. The van der Waals surface area contributed by atoms with Crippen molar-refractivity contribution in [3.8, 4) is 11.5 Å². The summed E-state index contributed by atoms with van der Waals surface area (Å²) < 4.78 is 5.72. The molecule has 0 spiro atoms. The Labute approximate surface area is 255 Å². The number of carbonyl (C=O) groups is 4. The summed E-state index contributed by atoms with van der Waals surface area (Å²) in [6.07, 6.45) is 3.38. The molecule has 3 aromatic rings. The standard InChI is InChI=1S/C36H34N2O6/c1-4-20-13-15-22(16-14-20)37-32(40)24-18-17-23-25(29(24)34(37)42)19-26-33(41)38(21-9-6-5-7-10-21)35(43)36(26,2)31(23)30-27(39)11-8-12-28(30)44-3/h5-17,24-26,29,31,39H,4,18-19H2,1-3H3/t24-,25+,26-,29-,31+,36+/m0/s1. The summed E-state index contributed by atoms with van der Waals surface area (Å²) in [6, 6.07) is 21.3. The Bertz CT molecular complexity index is 1730. The lowest BCUT2D eigenvalue weighted by Gasteiger charge is -2.49. The van der Waals surface area contributed by atoms with Crippen LogP contribution in [0, 0.1) is 29.1 Å². The lowest BCUT2D eigenvalue weighted by Crippen LogP contribution is -2.49. The number of methoxy groups -OCH3 is 1. The van der Waals surface area contributed by atoms with E-state index in [1.807, 2.05) is 43.3 Å². The van der Waals surface area contributed by atoms with E-state index in [4.69, 9.17) is 4.74 Å². The van der Waals surface area contributed by atoms with Crippen molar-refractivity contribution >= 4 is 35.0 Å². The van der Waals surface area contributed by atoms with Crippen molar-refractivity contribution in [1.82, 2.24) is 0 Å². The third-order valence-electron chi connectivity index (χ3n) is 10.4. The molecule has 44 heavy (non-hydrogen) atoms. The van der Waals surface area contributed by atoms with E-state index in [1.165, 1.54) is 16.9 Å². The lowest BCUT2D eigenvalue weighted by molar-refractivity contribution is -0.131. The number of phenols is 1. The minimum absolute atomic E-state index is 0.0529. The number of hydrogen-bond donors (Lipinski definition) is 1. The first-order valence-electron chi connectivity index (χ1n) is 15.2. The molecule has 7 rings (SSSR count). The average molecular weight is 591 g/mol. The maximum atomic E-state index is 14.5. The molecule has 0 unspecified atom stereocenters. The molecule has 1 saturated carbocycles. The van der Waals surface area contributed by atoms with Crippen molar-refractivity contribution in [2.75, 3.05) is 16.9 Å². The number of para-hydroxylation sites is 1. The summed E-state index contributed by atoms with van der Waals surface area (Å²) in [7, 11) is 1.50. The first-order valence-corrected chi connectivity index (χ1v) is 15.2. The predicted molar refractivity (Wildman–Crippen MR) is 164 cm³/mol. The molecule has 4 aliphatic rings. The van der Waals surface area contributed by atoms with E-state index in [1.54, 1.807) is 49.4 Å². The van der Waals surface area contributed by atoms with Gasteiger partial charge in [0.1, 0.15) is 11.5 Å². The first kappa shape index (κ1) is 28.1. The average Bonchev–Trinajstić information content (AvgIpc) is 3.41. The molecule has 4 amide bonds. The highest BCUT2D eigenvalue weighted by atomic mass is 16.5. The Hall–Kier alpha value is -4.72. The van der Waals surface area contributed by atoms with Crippen molar-refractivity contribution in [1.29, 1.82) is 0 Å². The van der Waals surface area contributed by atoms with Gasteiger partial charge < -0.3 is 9.84 Å². The fraction of sp³-hybridized carbons (Fsp3) is 0.333. The first-order chi connectivity index (χ1) is 21.2. The zero-order chi connectivity index (χ0) is 30.9. The second-order valence-electron chi connectivity index (χ2n) is 12.4. The third kappa shape index (κ3) is 3.76. The Kier molecular flexibility index (Phi) is 6.50. The molecule has 0 aromatic heterocycles. The molecule has 0 bridgehead atoms. The van der Waals surface area contributed by atoms with E-state index in [0.717, 1.165) is 17.6 Å². The second-order valence-corrected chi connectivity index (χ2v) is 12.4. The van der Waals surface area contributed by atoms with Gasteiger partial charge in [0.15, 0.2) is 0 Å². The SMILES string of the molecule is CCc1ccc(N2C(=O)[C@H]3[C@H](CC=C4[C@H]3C[C@H]3C(=O)N(c5ccccc5)C(=O)[C@@]3(C)[C@H]4c3c(O)cccc3OC)C2=O)cc1. The van der Waals surface area contributed by atoms with E-state index >= 15 is 0 Å². The number of nitrogens with zero attached hydrogens (tertiary/aromatic N) is 2. The number of fused-ring (bicyclic) bond motifs is 4. The number of benzene rings is 3. The predicted octanol–water partition coefficient (Wildman–Crippen LogP) is 5.40. The van der Waals surface area contributed by atoms with Crippen LogP contribution in [0.4, 0.5) is 11.4 Å². The molecule has 8 heteroatoms. The Morgan fingerprint density at radius 3 is 2.23 bits per heavy atom. The van der Waals surface area contributed by atoms with Crippen LogP contribution in [-0.2, 0) is 25.6 Å². The molecule has 2 saturated heterocycles. The number of carbonyl (C=O) groups excluding carboxylic acids is 4. The monoisotopic (exact) mass is 590 g/mol.